The van der Waals surface area contributed by atoms with Crippen molar-refractivity contribution < 1.29 is 23.5 Å². The molecule has 0 saturated heterocycles. The fraction of sp³-hybridized carbons (Fsp3) is 0.121. The highest BCUT2D eigenvalue weighted by atomic mass is 79.9. The zero-order valence-electron chi connectivity index (χ0n) is 24.1. The van der Waals surface area contributed by atoms with Gasteiger partial charge in [0, 0.05) is 38.4 Å². The van der Waals surface area contributed by atoms with E-state index in [-0.39, 0.29) is 24.9 Å². The molecule has 0 bridgehead atoms. The van der Waals surface area contributed by atoms with Crippen molar-refractivity contribution in [2.45, 2.75) is 20.5 Å². The average Bonchev–Trinajstić information content (AvgIpc) is 3.63. The number of amides is 2. The summed E-state index contributed by atoms with van der Waals surface area (Å²) in [7, 11) is 0. The molecule has 9 nitrogen and oxygen atoms in total. The van der Waals surface area contributed by atoms with Crippen LogP contribution < -0.4 is 20.2 Å². The second-order valence-corrected chi connectivity index (χ2v) is 11.6. The molecule has 0 aliphatic carbocycles. The SMILES string of the molecule is Cc1ccc(C)n1-c1ccc(OCc2ccc(C(=O)N/N=C/c3cc(Cl)cc(Br)c3OCC(=O)Nc3ccc(Cl)cc3)o2)cc1. The van der Waals surface area contributed by atoms with Crippen molar-refractivity contribution in [2.75, 3.05) is 11.9 Å². The van der Waals surface area contributed by atoms with Crippen molar-refractivity contribution in [2.24, 2.45) is 5.10 Å². The van der Waals surface area contributed by atoms with Crippen LogP contribution in [0.25, 0.3) is 5.69 Å². The first-order valence-corrected chi connectivity index (χ1v) is 15.2. The normalized spacial score (nSPS) is 11.0. The van der Waals surface area contributed by atoms with Crippen molar-refractivity contribution in [3.63, 3.8) is 0 Å². The minimum atomic E-state index is -0.565. The number of carbonyl (C=O) groups excluding carboxylic acids is 2. The fourth-order valence-electron chi connectivity index (χ4n) is 4.41. The maximum atomic E-state index is 12.7. The number of benzene rings is 3. The molecule has 2 N–H and O–H groups in total. The number of furan rings is 1. The van der Waals surface area contributed by atoms with Crippen LogP contribution in [0.3, 0.4) is 0 Å². The van der Waals surface area contributed by atoms with E-state index in [1.54, 1.807) is 42.5 Å². The lowest BCUT2D eigenvalue weighted by molar-refractivity contribution is -0.118. The lowest BCUT2D eigenvalue weighted by Gasteiger charge is -2.12. The highest BCUT2D eigenvalue weighted by Gasteiger charge is 2.14. The quantitative estimate of drug-likeness (QED) is 0.106. The Bertz CT molecular complexity index is 1830. The third-order valence-electron chi connectivity index (χ3n) is 6.52. The van der Waals surface area contributed by atoms with Crippen LogP contribution in [-0.4, -0.2) is 29.2 Å². The number of nitrogens with one attached hydrogen (secondary N) is 2. The Kier molecular flexibility index (Phi) is 10.3. The number of carbonyl (C=O) groups is 2. The Morgan fingerprint density at radius 2 is 1.62 bits per heavy atom. The molecule has 5 rings (SSSR count). The van der Waals surface area contributed by atoms with Gasteiger partial charge < -0.3 is 23.8 Å². The van der Waals surface area contributed by atoms with Gasteiger partial charge in [0.2, 0.25) is 0 Å². The van der Waals surface area contributed by atoms with Crippen molar-refractivity contribution >= 4 is 62.8 Å². The number of aromatic nitrogens is 1. The smallest absolute Gasteiger partial charge is 0.307 e. The van der Waals surface area contributed by atoms with E-state index in [0.717, 1.165) is 17.1 Å². The van der Waals surface area contributed by atoms with Gasteiger partial charge in [0.05, 0.1) is 10.7 Å². The zero-order valence-corrected chi connectivity index (χ0v) is 27.2. The zero-order chi connectivity index (χ0) is 31.9. The molecule has 5 aromatic rings. The maximum absolute atomic E-state index is 12.7. The summed E-state index contributed by atoms with van der Waals surface area (Å²) >= 11 is 15.5. The highest BCUT2D eigenvalue weighted by molar-refractivity contribution is 9.10. The summed E-state index contributed by atoms with van der Waals surface area (Å²) in [5.41, 5.74) is 6.77. The molecule has 0 fully saturated rings. The Balaban J connectivity index is 1.15. The van der Waals surface area contributed by atoms with Crippen molar-refractivity contribution in [1.82, 2.24) is 9.99 Å². The van der Waals surface area contributed by atoms with Crippen molar-refractivity contribution in [3.05, 3.63) is 128 Å². The maximum Gasteiger partial charge on any atom is 0.307 e. The summed E-state index contributed by atoms with van der Waals surface area (Å²) in [6, 6.07) is 25.0. The molecule has 0 spiro atoms. The molecule has 2 amide bonds. The Labute approximate surface area is 277 Å². The van der Waals surface area contributed by atoms with Crippen LogP contribution in [0.5, 0.6) is 11.5 Å². The molecule has 0 radical (unpaired) electrons. The second kappa shape index (κ2) is 14.5. The molecule has 0 saturated carbocycles. The van der Waals surface area contributed by atoms with Crippen LogP contribution >= 0.6 is 39.1 Å². The molecule has 2 heterocycles. The van der Waals surface area contributed by atoms with E-state index in [9.17, 15) is 9.59 Å². The predicted octanol–water partition coefficient (Wildman–Crippen LogP) is 8.12. The van der Waals surface area contributed by atoms with E-state index in [1.165, 1.54) is 12.3 Å². The second-order valence-electron chi connectivity index (χ2n) is 9.85. The summed E-state index contributed by atoms with van der Waals surface area (Å²) in [5, 5.41) is 7.69. The van der Waals surface area contributed by atoms with E-state index in [2.05, 4.69) is 62.3 Å². The van der Waals surface area contributed by atoms with Gasteiger partial charge in [0.25, 0.3) is 5.91 Å². The van der Waals surface area contributed by atoms with Crippen LogP contribution in [0.4, 0.5) is 5.69 Å². The Morgan fingerprint density at radius 3 is 2.33 bits per heavy atom. The van der Waals surface area contributed by atoms with Crippen LogP contribution in [0, 0.1) is 13.8 Å². The van der Waals surface area contributed by atoms with Crippen molar-refractivity contribution in [3.8, 4) is 17.2 Å². The summed E-state index contributed by atoms with van der Waals surface area (Å²) in [4.78, 5) is 25.1. The summed E-state index contributed by atoms with van der Waals surface area (Å²) in [6.07, 6.45) is 1.36. The molecule has 230 valence electrons. The van der Waals surface area contributed by atoms with E-state index in [1.807, 2.05) is 24.3 Å². The molecule has 0 aliphatic heterocycles. The highest BCUT2D eigenvalue weighted by Crippen LogP contribution is 2.32. The number of anilines is 1. The van der Waals surface area contributed by atoms with E-state index in [0.29, 0.717) is 43.0 Å². The molecule has 0 unspecified atom stereocenters. The topological polar surface area (TPSA) is 107 Å². The van der Waals surface area contributed by atoms with E-state index in [4.69, 9.17) is 37.1 Å². The van der Waals surface area contributed by atoms with Crippen LogP contribution in [0.2, 0.25) is 10.0 Å². The van der Waals surface area contributed by atoms with Gasteiger partial charge in [-0.1, -0.05) is 23.2 Å². The molecule has 3 aromatic carbocycles. The monoisotopic (exact) mass is 708 g/mol. The number of ether oxygens (including phenoxy) is 2. The fourth-order valence-corrected chi connectivity index (χ4v) is 5.49. The molecule has 0 aliphatic rings. The summed E-state index contributed by atoms with van der Waals surface area (Å²) in [5.74, 6) is 0.561. The predicted molar refractivity (Wildman–Crippen MR) is 178 cm³/mol. The summed E-state index contributed by atoms with van der Waals surface area (Å²) < 4.78 is 19.9. The number of aryl methyl sites for hydroxylation is 2. The minimum absolute atomic E-state index is 0.0577. The number of hydrogen-bond acceptors (Lipinski definition) is 6. The molecule has 0 atom stereocenters. The van der Waals surface area contributed by atoms with Gasteiger partial charge in [0.15, 0.2) is 12.4 Å². The van der Waals surface area contributed by atoms with Gasteiger partial charge in [-0.05, 0) is 115 Å². The van der Waals surface area contributed by atoms with Gasteiger partial charge in [-0.2, -0.15) is 5.10 Å². The van der Waals surface area contributed by atoms with Crippen LogP contribution in [0.15, 0.2) is 98.9 Å². The third kappa shape index (κ3) is 8.36. The van der Waals surface area contributed by atoms with Crippen LogP contribution in [0.1, 0.15) is 33.3 Å². The number of hydrogen-bond donors (Lipinski definition) is 2. The first-order valence-electron chi connectivity index (χ1n) is 13.6. The number of nitrogens with zero attached hydrogens (tertiary/aromatic N) is 2. The number of halogens is 3. The number of hydrazone groups is 1. The van der Waals surface area contributed by atoms with Gasteiger partial charge in [-0.3, -0.25) is 9.59 Å². The lowest BCUT2D eigenvalue weighted by atomic mass is 10.2. The molecule has 2 aromatic heterocycles. The van der Waals surface area contributed by atoms with Gasteiger partial charge in [-0.15, -0.1) is 0 Å². The third-order valence-corrected chi connectivity index (χ3v) is 7.57. The molecule has 12 heteroatoms. The first kappa shape index (κ1) is 31.9. The molecule has 45 heavy (non-hydrogen) atoms. The largest absolute Gasteiger partial charge is 0.486 e. The summed E-state index contributed by atoms with van der Waals surface area (Å²) in [6.45, 7) is 3.97. The average molecular weight is 710 g/mol. The number of rotatable bonds is 11. The van der Waals surface area contributed by atoms with Crippen molar-refractivity contribution in [1.29, 1.82) is 0 Å². The standard InChI is InChI=1S/C33H27BrCl2N4O5/c1-20-3-4-21(2)40(20)26-9-11-27(12-10-26)43-18-28-13-14-30(45-28)33(42)39-37-17-22-15-24(36)16-29(34)32(22)44-19-31(41)38-25-7-5-23(35)6-8-25/h3-17H,18-19H2,1-2H3,(H,38,41)(H,39,42)/b37-17+. The Morgan fingerprint density at radius 1 is 0.911 bits per heavy atom. The first-order chi connectivity index (χ1) is 21.7. The van der Waals surface area contributed by atoms with E-state index >= 15 is 0 Å². The van der Waals surface area contributed by atoms with Gasteiger partial charge >= 0.3 is 5.91 Å². The Hall–Kier alpha value is -4.51. The molecular formula is C33H27BrCl2N4O5. The minimum Gasteiger partial charge on any atom is -0.486 e. The van der Waals surface area contributed by atoms with Gasteiger partial charge in [-0.25, -0.2) is 5.43 Å². The van der Waals surface area contributed by atoms with Crippen LogP contribution in [-0.2, 0) is 11.4 Å². The van der Waals surface area contributed by atoms with Gasteiger partial charge in [0.1, 0.15) is 23.9 Å². The molecular weight excluding hydrogens is 683 g/mol. The van der Waals surface area contributed by atoms with E-state index < -0.39 is 5.91 Å². The lowest BCUT2D eigenvalue weighted by Crippen LogP contribution is -2.21.